The summed E-state index contributed by atoms with van der Waals surface area (Å²) in [6.07, 6.45) is 0.226. The van der Waals surface area contributed by atoms with Gasteiger partial charge in [0, 0.05) is 5.69 Å². The van der Waals surface area contributed by atoms with Gasteiger partial charge in [0.15, 0.2) is 0 Å². The van der Waals surface area contributed by atoms with E-state index in [-0.39, 0.29) is 12.6 Å². The molecule has 0 bridgehead atoms. The molecule has 0 radical (unpaired) electrons. The van der Waals surface area contributed by atoms with Gasteiger partial charge in [-0.2, -0.15) is 0 Å². The molecule has 1 atom stereocenters. The van der Waals surface area contributed by atoms with Gasteiger partial charge >= 0.3 is 6.09 Å². The Morgan fingerprint density at radius 3 is 2.32 bits per heavy atom. The molecule has 1 aromatic rings. The average molecular weight is 265 g/mol. The highest BCUT2D eigenvalue weighted by Gasteiger charge is 2.28. The van der Waals surface area contributed by atoms with Crippen molar-refractivity contribution in [3.63, 3.8) is 0 Å². The maximum Gasteiger partial charge on any atom is 0.415 e. The van der Waals surface area contributed by atoms with Gasteiger partial charge < -0.3 is 9.84 Å². The molecule has 1 unspecified atom stereocenters. The summed E-state index contributed by atoms with van der Waals surface area (Å²) in [6, 6.07) is 8.99. The Kier molecular flexibility index (Phi) is 5.36. The lowest BCUT2D eigenvalue weighted by Crippen LogP contribution is -2.45. The fourth-order valence-electron chi connectivity index (χ4n) is 1.76. The standard InChI is InChI=1S/C15H23NO3/c1-5-12(11-17)16(13-9-7-6-8-10-13)14(18)19-15(2,3)4/h6-10,12,17H,5,11H2,1-4H3. The summed E-state index contributed by atoms with van der Waals surface area (Å²) in [4.78, 5) is 13.8. The summed E-state index contributed by atoms with van der Waals surface area (Å²) in [6.45, 7) is 7.32. The van der Waals surface area contributed by atoms with Gasteiger partial charge in [-0.25, -0.2) is 4.79 Å². The van der Waals surface area contributed by atoms with Crippen LogP contribution in [-0.4, -0.2) is 29.4 Å². The van der Waals surface area contributed by atoms with Crippen LogP contribution in [0.1, 0.15) is 34.1 Å². The first-order valence-electron chi connectivity index (χ1n) is 6.57. The van der Waals surface area contributed by atoms with Crippen LogP contribution in [0, 0.1) is 0 Å². The van der Waals surface area contributed by atoms with E-state index in [1.54, 1.807) is 0 Å². The number of hydrogen-bond donors (Lipinski definition) is 1. The normalized spacial score (nSPS) is 12.9. The summed E-state index contributed by atoms with van der Waals surface area (Å²) in [5.74, 6) is 0. The van der Waals surface area contributed by atoms with E-state index in [9.17, 15) is 9.90 Å². The van der Waals surface area contributed by atoms with Gasteiger partial charge in [0.05, 0.1) is 12.6 Å². The first kappa shape index (κ1) is 15.5. The number of para-hydroxylation sites is 1. The number of aliphatic hydroxyl groups excluding tert-OH is 1. The van der Waals surface area contributed by atoms with Gasteiger partial charge in [-0.05, 0) is 39.3 Å². The Labute approximate surface area is 115 Å². The maximum absolute atomic E-state index is 12.3. The van der Waals surface area contributed by atoms with Crippen LogP contribution in [0.15, 0.2) is 30.3 Å². The van der Waals surface area contributed by atoms with E-state index in [0.29, 0.717) is 6.42 Å². The minimum absolute atomic E-state index is 0.0926. The lowest BCUT2D eigenvalue weighted by atomic mass is 10.1. The van der Waals surface area contributed by atoms with E-state index in [4.69, 9.17) is 4.74 Å². The molecule has 0 saturated heterocycles. The predicted molar refractivity (Wildman–Crippen MR) is 76.3 cm³/mol. The highest BCUT2D eigenvalue weighted by atomic mass is 16.6. The quantitative estimate of drug-likeness (QED) is 0.909. The molecule has 106 valence electrons. The third kappa shape index (κ3) is 4.56. The molecule has 0 spiro atoms. The Morgan fingerprint density at radius 2 is 1.89 bits per heavy atom. The highest BCUT2D eigenvalue weighted by molar-refractivity contribution is 5.88. The number of rotatable bonds is 4. The highest BCUT2D eigenvalue weighted by Crippen LogP contribution is 2.21. The monoisotopic (exact) mass is 265 g/mol. The Morgan fingerprint density at radius 1 is 1.32 bits per heavy atom. The molecule has 1 aromatic carbocycles. The zero-order valence-corrected chi connectivity index (χ0v) is 12.1. The smallest absolute Gasteiger partial charge is 0.415 e. The van der Waals surface area contributed by atoms with Gasteiger partial charge in [0.1, 0.15) is 5.60 Å². The molecule has 0 heterocycles. The second-order valence-electron chi connectivity index (χ2n) is 5.43. The Balaban J connectivity index is 3.03. The van der Waals surface area contributed by atoms with E-state index < -0.39 is 11.7 Å². The van der Waals surface area contributed by atoms with Crippen molar-refractivity contribution in [2.24, 2.45) is 0 Å². The SMILES string of the molecule is CCC(CO)N(C(=O)OC(C)(C)C)c1ccccc1. The van der Waals surface area contributed by atoms with Crippen LogP contribution >= 0.6 is 0 Å². The van der Waals surface area contributed by atoms with Crippen molar-refractivity contribution < 1.29 is 14.6 Å². The van der Waals surface area contributed by atoms with Crippen LogP contribution in [0.4, 0.5) is 10.5 Å². The van der Waals surface area contributed by atoms with Crippen LogP contribution in [-0.2, 0) is 4.74 Å². The molecular weight excluding hydrogens is 242 g/mol. The van der Waals surface area contributed by atoms with Crippen LogP contribution in [0.25, 0.3) is 0 Å². The second kappa shape index (κ2) is 6.57. The summed E-state index contributed by atoms with van der Waals surface area (Å²) in [5, 5.41) is 9.46. The molecule has 4 nitrogen and oxygen atoms in total. The Bertz CT molecular complexity index is 394. The first-order valence-corrected chi connectivity index (χ1v) is 6.57. The van der Waals surface area contributed by atoms with E-state index >= 15 is 0 Å². The van der Waals surface area contributed by atoms with Gasteiger partial charge in [0.25, 0.3) is 0 Å². The summed E-state index contributed by atoms with van der Waals surface area (Å²) in [5.41, 5.74) is 0.176. The largest absolute Gasteiger partial charge is 0.443 e. The lowest BCUT2D eigenvalue weighted by Gasteiger charge is -2.32. The van der Waals surface area contributed by atoms with Crippen molar-refractivity contribution in [3.8, 4) is 0 Å². The van der Waals surface area contributed by atoms with Crippen molar-refractivity contribution >= 4 is 11.8 Å². The second-order valence-corrected chi connectivity index (χ2v) is 5.43. The van der Waals surface area contributed by atoms with Crippen molar-refractivity contribution in [1.82, 2.24) is 0 Å². The topological polar surface area (TPSA) is 49.8 Å². The molecule has 0 fully saturated rings. The van der Waals surface area contributed by atoms with Crippen molar-refractivity contribution in [1.29, 1.82) is 0 Å². The summed E-state index contributed by atoms with van der Waals surface area (Å²) >= 11 is 0. The van der Waals surface area contributed by atoms with Crippen LogP contribution < -0.4 is 4.90 Å². The molecule has 4 heteroatoms. The minimum atomic E-state index is -0.558. The number of nitrogens with zero attached hydrogens (tertiary/aromatic N) is 1. The number of aliphatic hydroxyl groups is 1. The molecule has 0 saturated carbocycles. The molecule has 0 aromatic heterocycles. The van der Waals surface area contributed by atoms with Gasteiger partial charge in [-0.15, -0.1) is 0 Å². The zero-order chi connectivity index (χ0) is 14.5. The van der Waals surface area contributed by atoms with E-state index in [2.05, 4.69) is 0 Å². The fourth-order valence-corrected chi connectivity index (χ4v) is 1.76. The van der Waals surface area contributed by atoms with Gasteiger partial charge in [0.2, 0.25) is 0 Å². The number of carbonyl (C=O) groups excluding carboxylic acids is 1. The molecule has 19 heavy (non-hydrogen) atoms. The first-order chi connectivity index (χ1) is 8.89. The van der Waals surface area contributed by atoms with Crippen LogP contribution in [0.5, 0.6) is 0 Å². The molecule has 1 amide bonds. The molecule has 0 aliphatic carbocycles. The number of ether oxygens (including phenoxy) is 1. The molecule has 1 rings (SSSR count). The van der Waals surface area contributed by atoms with E-state index in [1.165, 1.54) is 4.90 Å². The molecule has 0 aliphatic heterocycles. The van der Waals surface area contributed by atoms with Crippen molar-refractivity contribution in [3.05, 3.63) is 30.3 Å². The third-order valence-electron chi connectivity index (χ3n) is 2.67. The number of anilines is 1. The summed E-state index contributed by atoms with van der Waals surface area (Å²) in [7, 11) is 0. The van der Waals surface area contributed by atoms with Crippen LogP contribution in [0.3, 0.4) is 0 Å². The number of amides is 1. The number of benzene rings is 1. The lowest BCUT2D eigenvalue weighted by molar-refractivity contribution is 0.0549. The zero-order valence-electron chi connectivity index (χ0n) is 12.1. The maximum atomic E-state index is 12.3. The third-order valence-corrected chi connectivity index (χ3v) is 2.67. The predicted octanol–water partition coefficient (Wildman–Crippen LogP) is 3.20. The molecule has 0 aliphatic rings. The van der Waals surface area contributed by atoms with Crippen molar-refractivity contribution in [2.45, 2.75) is 45.8 Å². The fraction of sp³-hybridized carbons (Fsp3) is 0.533. The number of carbonyl (C=O) groups is 1. The minimum Gasteiger partial charge on any atom is -0.443 e. The van der Waals surface area contributed by atoms with E-state index in [0.717, 1.165) is 5.69 Å². The van der Waals surface area contributed by atoms with Crippen molar-refractivity contribution in [2.75, 3.05) is 11.5 Å². The van der Waals surface area contributed by atoms with Crippen LogP contribution in [0.2, 0.25) is 0 Å². The average Bonchev–Trinajstić information content (AvgIpc) is 2.34. The summed E-state index contributed by atoms with van der Waals surface area (Å²) < 4.78 is 5.41. The molecule has 1 N–H and O–H groups in total. The van der Waals surface area contributed by atoms with E-state index in [1.807, 2.05) is 58.0 Å². The Hall–Kier alpha value is -1.55. The van der Waals surface area contributed by atoms with Gasteiger partial charge in [-0.3, -0.25) is 4.90 Å². The number of hydrogen-bond acceptors (Lipinski definition) is 3. The molecular formula is C15H23NO3. The van der Waals surface area contributed by atoms with Gasteiger partial charge in [-0.1, -0.05) is 25.1 Å².